The van der Waals surface area contributed by atoms with Gasteiger partial charge in [0.05, 0.1) is 6.61 Å². The van der Waals surface area contributed by atoms with Crippen LogP contribution >= 0.6 is 0 Å². The van der Waals surface area contributed by atoms with Crippen molar-refractivity contribution in [3.8, 4) is 0 Å². The second kappa shape index (κ2) is 9.44. The third-order valence-corrected chi connectivity index (χ3v) is 2.14. The monoisotopic (exact) mass is 203 g/mol. The lowest BCUT2D eigenvalue weighted by atomic mass is 10.1. The summed E-state index contributed by atoms with van der Waals surface area (Å²) in [7, 11) is 0. The first-order valence-electron chi connectivity index (χ1n) is 5.58. The number of ether oxygens (including phenoxy) is 1. The van der Waals surface area contributed by atoms with Gasteiger partial charge in [0.1, 0.15) is 0 Å². The van der Waals surface area contributed by atoms with Gasteiger partial charge in [0.25, 0.3) is 0 Å². The summed E-state index contributed by atoms with van der Waals surface area (Å²) in [5.41, 5.74) is 0. The molecule has 0 aromatic carbocycles. The molecule has 0 aromatic heterocycles. The molecule has 14 heavy (non-hydrogen) atoms. The summed E-state index contributed by atoms with van der Waals surface area (Å²) in [5.74, 6) is 0.719. The second-order valence-corrected chi connectivity index (χ2v) is 4.16. The first kappa shape index (κ1) is 13.9. The molecule has 0 rings (SSSR count). The van der Waals surface area contributed by atoms with Crippen molar-refractivity contribution in [3.63, 3.8) is 0 Å². The van der Waals surface area contributed by atoms with Gasteiger partial charge in [0.15, 0.2) is 0 Å². The lowest BCUT2D eigenvalue weighted by Crippen LogP contribution is -2.30. The Morgan fingerprint density at radius 2 is 1.86 bits per heavy atom. The van der Waals surface area contributed by atoms with E-state index in [1.54, 1.807) is 0 Å². The van der Waals surface area contributed by atoms with Gasteiger partial charge in [-0.3, -0.25) is 0 Å². The molecular formula is C11H25NO2. The summed E-state index contributed by atoms with van der Waals surface area (Å²) in [5, 5.41) is 12.0. The number of aliphatic hydroxyl groups is 1. The van der Waals surface area contributed by atoms with Crippen molar-refractivity contribution in [2.75, 3.05) is 26.4 Å². The van der Waals surface area contributed by atoms with Gasteiger partial charge in [-0.2, -0.15) is 0 Å². The molecule has 3 nitrogen and oxygen atoms in total. The summed E-state index contributed by atoms with van der Waals surface area (Å²) >= 11 is 0. The van der Waals surface area contributed by atoms with Crippen LogP contribution < -0.4 is 5.32 Å². The van der Waals surface area contributed by atoms with Gasteiger partial charge in [-0.25, -0.2) is 0 Å². The van der Waals surface area contributed by atoms with E-state index in [-0.39, 0.29) is 6.61 Å². The van der Waals surface area contributed by atoms with Crippen LogP contribution in [0.3, 0.4) is 0 Å². The van der Waals surface area contributed by atoms with E-state index in [9.17, 15) is 0 Å². The smallest absolute Gasteiger partial charge is 0.0591 e. The predicted molar refractivity (Wildman–Crippen MR) is 59.4 cm³/mol. The molecule has 0 spiro atoms. The molecule has 0 amide bonds. The van der Waals surface area contributed by atoms with E-state index in [4.69, 9.17) is 9.84 Å². The summed E-state index contributed by atoms with van der Waals surface area (Å²) < 4.78 is 5.45. The van der Waals surface area contributed by atoms with E-state index in [2.05, 4.69) is 26.1 Å². The molecule has 0 radical (unpaired) electrons. The number of hydrogen-bond acceptors (Lipinski definition) is 3. The first-order chi connectivity index (χ1) is 6.66. The fourth-order valence-electron chi connectivity index (χ4n) is 1.09. The zero-order valence-electron chi connectivity index (χ0n) is 9.75. The third kappa shape index (κ3) is 9.96. The summed E-state index contributed by atoms with van der Waals surface area (Å²) in [6.45, 7) is 9.22. The fraction of sp³-hybridized carbons (Fsp3) is 1.00. The molecule has 0 saturated heterocycles. The maximum atomic E-state index is 8.67. The largest absolute Gasteiger partial charge is 0.396 e. The highest BCUT2D eigenvalue weighted by Crippen LogP contribution is 1.98. The van der Waals surface area contributed by atoms with E-state index < -0.39 is 0 Å². The van der Waals surface area contributed by atoms with Gasteiger partial charge in [-0.1, -0.05) is 13.8 Å². The minimum absolute atomic E-state index is 0.252. The minimum atomic E-state index is 0.252. The van der Waals surface area contributed by atoms with Gasteiger partial charge in [0.2, 0.25) is 0 Å². The second-order valence-electron chi connectivity index (χ2n) is 4.16. The minimum Gasteiger partial charge on any atom is -0.396 e. The summed E-state index contributed by atoms with van der Waals surface area (Å²) in [6.07, 6.45) is 1.94. The zero-order valence-corrected chi connectivity index (χ0v) is 9.75. The average molecular weight is 203 g/mol. The molecule has 0 heterocycles. The number of aliphatic hydroxyl groups excluding tert-OH is 1. The molecule has 0 aliphatic heterocycles. The van der Waals surface area contributed by atoms with Crippen LogP contribution in [0.5, 0.6) is 0 Å². The highest BCUT2D eigenvalue weighted by Gasteiger charge is 1.99. The third-order valence-electron chi connectivity index (χ3n) is 2.14. The molecule has 0 fully saturated rings. The SMILES string of the molecule is CC(C)CCOCCNC(C)CCO. The van der Waals surface area contributed by atoms with Gasteiger partial charge < -0.3 is 15.2 Å². The molecule has 0 aliphatic rings. The van der Waals surface area contributed by atoms with Crippen LogP contribution in [0, 0.1) is 5.92 Å². The van der Waals surface area contributed by atoms with E-state index in [0.29, 0.717) is 6.04 Å². The van der Waals surface area contributed by atoms with Crippen molar-refractivity contribution >= 4 is 0 Å². The van der Waals surface area contributed by atoms with Gasteiger partial charge in [-0.05, 0) is 25.7 Å². The van der Waals surface area contributed by atoms with Crippen molar-refractivity contribution in [3.05, 3.63) is 0 Å². The van der Waals surface area contributed by atoms with Crippen LogP contribution in [-0.2, 0) is 4.74 Å². The standard InChI is InChI=1S/C11H25NO2/c1-10(2)5-8-14-9-6-12-11(3)4-7-13/h10-13H,4-9H2,1-3H3. The lowest BCUT2D eigenvalue weighted by molar-refractivity contribution is 0.122. The first-order valence-corrected chi connectivity index (χ1v) is 5.58. The van der Waals surface area contributed by atoms with Crippen LogP contribution in [0.2, 0.25) is 0 Å². The van der Waals surface area contributed by atoms with Gasteiger partial charge in [0, 0.05) is 25.8 Å². The molecule has 0 aliphatic carbocycles. The van der Waals surface area contributed by atoms with Gasteiger partial charge in [-0.15, -0.1) is 0 Å². The Hall–Kier alpha value is -0.120. The van der Waals surface area contributed by atoms with Crippen LogP contribution in [0.15, 0.2) is 0 Å². The Morgan fingerprint density at radius 3 is 2.43 bits per heavy atom. The Labute approximate surface area is 87.8 Å². The quantitative estimate of drug-likeness (QED) is 0.557. The van der Waals surface area contributed by atoms with Gasteiger partial charge >= 0.3 is 0 Å². The van der Waals surface area contributed by atoms with Crippen LogP contribution in [0.4, 0.5) is 0 Å². The maximum absolute atomic E-state index is 8.67. The molecule has 1 unspecified atom stereocenters. The van der Waals surface area contributed by atoms with E-state index >= 15 is 0 Å². The summed E-state index contributed by atoms with van der Waals surface area (Å²) in [6, 6.07) is 0.383. The number of nitrogens with one attached hydrogen (secondary N) is 1. The molecule has 0 aromatic rings. The van der Waals surface area contributed by atoms with E-state index in [0.717, 1.165) is 38.5 Å². The van der Waals surface area contributed by atoms with Crippen molar-refractivity contribution in [2.24, 2.45) is 5.92 Å². The molecule has 86 valence electrons. The van der Waals surface area contributed by atoms with Crippen molar-refractivity contribution in [1.29, 1.82) is 0 Å². The summed E-state index contributed by atoms with van der Waals surface area (Å²) in [4.78, 5) is 0. The maximum Gasteiger partial charge on any atom is 0.0591 e. The van der Waals surface area contributed by atoms with E-state index in [1.807, 2.05) is 0 Å². The highest BCUT2D eigenvalue weighted by atomic mass is 16.5. The highest BCUT2D eigenvalue weighted by molar-refractivity contribution is 4.58. The normalized spacial score (nSPS) is 13.5. The fourth-order valence-corrected chi connectivity index (χ4v) is 1.09. The molecule has 0 bridgehead atoms. The zero-order chi connectivity index (χ0) is 10.8. The number of rotatable bonds is 9. The predicted octanol–water partition coefficient (Wildman–Crippen LogP) is 1.41. The molecule has 0 saturated carbocycles. The van der Waals surface area contributed by atoms with Crippen LogP contribution in [0.25, 0.3) is 0 Å². The number of hydrogen-bond donors (Lipinski definition) is 2. The molecule has 2 N–H and O–H groups in total. The molecule has 1 atom stereocenters. The average Bonchev–Trinajstić information content (AvgIpc) is 2.11. The van der Waals surface area contributed by atoms with Crippen molar-refractivity contribution < 1.29 is 9.84 Å². The van der Waals surface area contributed by atoms with Crippen molar-refractivity contribution in [2.45, 2.75) is 39.7 Å². The Bertz CT molecular complexity index is 118. The molecule has 3 heteroatoms. The Balaban J connectivity index is 3.05. The Kier molecular flexibility index (Phi) is 9.35. The lowest BCUT2D eigenvalue weighted by Gasteiger charge is -2.12. The molecular weight excluding hydrogens is 178 g/mol. The van der Waals surface area contributed by atoms with Crippen molar-refractivity contribution in [1.82, 2.24) is 5.32 Å². The van der Waals surface area contributed by atoms with Crippen LogP contribution in [-0.4, -0.2) is 37.5 Å². The Morgan fingerprint density at radius 1 is 1.14 bits per heavy atom. The van der Waals surface area contributed by atoms with Crippen LogP contribution in [0.1, 0.15) is 33.6 Å². The van der Waals surface area contributed by atoms with E-state index in [1.165, 1.54) is 0 Å². The topological polar surface area (TPSA) is 41.5 Å².